The van der Waals surface area contributed by atoms with Crippen molar-refractivity contribution in [1.29, 1.82) is 0 Å². The first kappa shape index (κ1) is 27.2. The highest BCUT2D eigenvalue weighted by Crippen LogP contribution is 2.37. The van der Waals surface area contributed by atoms with E-state index in [-0.39, 0.29) is 10.8 Å². The third-order valence-corrected chi connectivity index (χ3v) is 12.9. The Morgan fingerprint density at radius 3 is 2.38 bits per heavy atom. The van der Waals surface area contributed by atoms with E-state index in [4.69, 9.17) is 9.52 Å². The van der Waals surface area contributed by atoms with Crippen LogP contribution in [0, 0.1) is 0 Å². The number of nitrogens with zero attached hydrogens (tertiary/aromatic N) is 2. The van der Waals surface area contributed by atoms with Gasteiger partial charge in [0.1, 0.15) is 5.69 Å². The Morgan fingerprint density at radius 1 is 1.09 bits per heavy atom. The van der Waals surface area contributed by atoms with E-state index in [9.17, 15) is 4.79 Å². The van der Waals surface area contributed by atoms with Crippen molar-refractivity contribution >= 4 is 25.9 Å². The molecule has 1 heterocycles. The SMILES string of the molecule is CSc1ccc(-c2cc(C(=O)CCCCCO[Si](C)(C)C(C)(C)C)nn2C2CCCCC2)cc1. The van der Waals surface area contributed by atoms with Crippen LogP contribution in [0.4, 0.5) is 0 Å². The molecule has 0 amide bonds. The molecule has 2 aromatic rings. The van der Waals surface area contributed by atoms with Crippen LogP contribution in [0.15, 0.2) is 35.2 Å². The quantitative estimate of drug-likeness (QED) is 0.134. The maximum absolute atomic E-state index is 13.0. The first-order valence-electron chi connectivity index (χ1n) is 13.0. The number of hydrogen-bond acceptors (Lipinski definition) is 4. The lowest BCUT2D eigenvalue weighted by atomic mass is 9.95. The summed E-state index contributed by atoms with van der Waals surface area (Å²) in [6.07, 6.45) is 11.7. The van der Waals surface area contributed by atoms with Gasteiger partial charge in [-0.3, -0.25) is 9.48 Å². The van der Waals surface area contributed by atoms with Gasteiger partial charge in [-0.05, 0) is 73.8 Å². The van der Waals surface area contributed by atoms with Crippen LogP contribution in [0.5, 0.6) is 0 Å². The van der Waals surface area contributed by atoms with Crippen molar-refractivity contribution < 1.29 is 9.22 Å². The summed E-state index contributed by atoms with van der Waals surface area (Å²) in [5.74, 6) is 0.168. The summed E-state index contributed by atoms with van der Waals surface area (Å²) in [6, 6.07) is 11.1. The first-order valence-corrected chi connectivity index (χ1v) is 17.2. The summed E-state index contributed by atoms with van der Waals surface area (Å²) in [4.78, 5) is 14.3. The number of rotatable bonds is 11. The van der Waals surface area contributed by atoms with Crippen molar-refractivity contribution in [2.75, 3.05) is 12.9 Å². The van der Waals surface area contributed by atoms with Gasteiger partial charge < -0.3 is 4.43 Å². The zero-order valence-electron chi connectivity index (χ0n) is 22.2. The second-order valence-electron chi connectivity index (χ2n) is 11.2. The lowest BCUT2D eigenvalue weighted by Crippen LogP contribution is -2.40. The van der Waals surface area contributed by atoms with Gasteiger partial charge in [0.05, 0.1) is 11.7 Å². The number of Topliss-reactive ketones (excluding diaryl/α,β-unsaturated/α-hetero) is 1. The number of hydrogen-bond donors (Lipinski definition) is 0. The molecular formula is C28H44N2O2SSi. The van der Waals surface area contributed by atoms with Gasteiger partial charge in [-0.2, -0.15) is 5.10 Å². The summed E-state index contributed by atoms with van der Waals surface area (Å²) in [5.41, 5.74) is 2.87. The van der Waals surface area contributed by atoms with Gasteiger partial charge >= 0.3 is 0 Å². The van der Waals surface area contributed by atoms with Crippen LogP contribution in [0.1, 0.15) is 95.1 Å². The minimum absolute atomic E-state index is 0.168. The molecule has 34 heavy (non-hydrogen) atoms. The third kappa shape index (κ3) is 7.08. The molecule has 0 N–H and O–H groups in total. The monoisotopic (exact) mass is 500 g/mol. The summed E-state index contributed by atoms with van der Waals surface area (Å²) in [7, 11) is -1.68. The van der Waals surface area contributed by atoms with Crippen LogP contribution >= 0.6 is 11.8 Å². The average molecular weight is 501 g/mol. The van der Waals surface area contributed by atoms with Gasteiger partial charge in [-0.25, -0.2) is 0 Å². The van der Waals surface area contributed by atoms with E-state index in [0.717, 1.165) is 50.0 Å². The van der Waals surface area contributed by atoms with Crippen LogP contribution in [-0.4, -0.2) is 36.7 Å². The van der Waals surface area contributed by atoms with E-state index in [1.165, 1.54) is 24.2 Å². The summed E-state index contributed by atoms with van der Waals surface area (Å²) < 4.78 is 8.43. The highest BCUT2D eigenvalue weighted by Gasteiger charge is 2.36. The molecule has 6 heteroatoms. The Hall–Kier alpha value is -1.37. The second kappa shape index (κ2) is 12.0. The summed E-state index contributed by atoms with van der Waals surface area (Å²) in [5, 5.41) is 5.11. The van der Waals surface area contributed by atoms with E-state index < -0.39 is 8.32 Å². The average Bonchev–Trinajstić information content (AvgIpc) is 3.27. The maximum atomic E-state index is 13.0. The summed E-state index contributed by atoms with van der Waals surface area (Å²) in [6.45, 7) is 12.2. The highest BCUT2D eigenvalue weighted by molar-refractivity contribution is 7.98. The van der Waals surface area contributed by atoms with Crippen molar-refractivity contribution in [3.05, 3.63) is 36.0 Å². The number of unbranched alkanes of at least 4 members (excludes halogenated alkanes) is 2. The second-order valence-corrected chi connectivity index (χ2v) is 16.9. The van der Waals surface area contributed by atoms with Crippen molar-refractivity contribution in [3.8, 4) is 11.3 Å². The molecule has 1 fully saturated rings. The Bertz CT molecular complexity index is 925. The minimum Gasteiger partial charge on any atom is -0.417 e. The van der Waals surface area contributed by atoms with Gasteiger partial charge in [-0.15, -0.1) is 11.8 Å². The van der Waals surface area contributed by atoms with Crippen LogP contribution in [0.25, 0.3) is 11.3 Å². The molecular weight excluding hydrogens is 456 g/mol. The van der Waals surface area contributed by atoms with Gasteiger partial charge in [0.25, 0.3) is 0 Å². The molecule has 0 atom stereocenters. The Kier molecular flexibility index (Phi) is 9.64. The molecule has 0 saturated heterocycles. The third-order valence-electron chi connectivity index (χ3n) is 7.65. The molecule has 0 aliphatic heterocycles. The van der Waals surface area contributed by atoms with Crippen molar-refractivity contribution in [2.24, 2.45) is 0 Å². The zero-order valence-corrected chi connectivity index (χ0v) is 24.0. The molecule has 4 nitrogen and oxygen atoms in total. The molecule has 0 unspecified atom stereocenters. The fourth-order valence-corrected chi connectivity index (χ4v) is 5.84. The predicted molar refractivity (Wildman–Crippen MR) is 148 cm³/mol. The molecule has 0 bridgehead atoms. The van der Waals surface area contributed by atoms with Crippen molar-refractivity contribution in [1.82, 2.24) is 9.78 Å². The molecule has 188 valence electrons. The number of ketones is 1. The maximum Gasteiger partial charge on any atom is 0.191 e. The molecule has 1 aliphatic carbocycles. The van der Waals surface area contributed by atoms with E-state index in [0.29, 0.717) is 18.2 Å². The van der Waals surface area contributed by atoms with E-state index in [1.807, 2.05) is 6.07 Å². The van der Waals surface area contributed by atoms with Crippen molar-refractivity contribution in [3.63, 3.8) is 0 Å². The Labute approximate surface area is 212 Å². The zero-order chi connectivity index (χ0) is 24.8. The number of carbonyl (C=O) groups is 1. The lowest BCUT2D eigenvalue weighted by molar-refractivity contribution is 0.0972. The number of thioether (sulfide) groups is 1. The van der Waals surface area contributed by atoms with Crippen LogP contribution in [0.2, 0.25) is 18.1 Å². The molecule has 1 aromatic heterocycles. The van der Waals surface area contributed by atoms with E-state index in [2.05, 4.69) is 69.1 Å². The smallest absolute Gasteiger partial charge is 0.191 e. The predicted octanol–water partition coefficient (Wildman–Crippen LogP) is 8.54. The normalized spacial score (nSPS) is 15.6. The topological polar surface area (TPSA) is 44.1 Å². The van der Waals surface area contributed by atoms with E-state index >= 15 is 0 Å². The fraction of sp³-hybridized carbons (Fsp3) is 0.643. The fourth-order valence-electron chi connectivity index (χ4n) is 4.35. The van der Waals surface area contributed by atoms with Gasteiger partial charge in [0.2, 0.25) is 0 Å². The highest BCUT2D eigenvalue weighted by atomic mass is 32.2. The number of aromatic nitrogens is 2. The molecule has 0 spiro atoms. The van der Waals surface area contributed by atoms with Gasteiger partial charge in [0.15, 0.2) is 14.1 Å². The Balaban J connectivity index is 1.61. The molecule has 0 radical (unpaired) electrons. The lowest BCUT2D eigenvalue weighted by Gasteiger charge is -2.36. The standard InChI is InChI=1S/C28H44N2O2SSi/c1-28(2,3)34(5,6)32-20-12-8-11-15-27(31)25-21-26(22-16-18-24(33-4)19-17-22)30(29-25)23-13-9-7-10-14-23/h16-19,21,23H,7-15,20H2,1-6H3. The first-order chi connectivity index (χ1) is 16.1. The Morgan fingerprint density at radius 2 is 1.76 bits per heavy atom. The van der Waals surface area contributed by atoms with Crippen LogP contribution < -0.4 is 0 Å². The molecule has 3 rings (SSSR count). The number of benzene rings is 1. The van der Waals surface area contributed by atoms with Gasteiger partial charge in [0, 0.05) is 17.9 Å². The van der Waals surface area contributed by atoms with Crippen LogP contribution in [0.3, 0.4) is 0 Å². The van der Waals surface area contributed by atoms with Crippen LogP contribution in [-0.2, 0) is 4.43 Å². The molecule has 1 saturated carbocycles. The van der Waals surface area contributed by atoms with Gasteiger partial charge in [-0.1, -0.05) is 58.6 Å². The van der Waals surface area contributed by atoms with E-state index in [1.54, 1.807) is 11.8 Å². The molecule has 1 aromatic carbocycles. The summed E-state index contributed by atoms with van der Waals surface area (Å²) >= 11 is 1.75. The minimum atomic E-state index is -1.68. The number of carbonyl (C=O) groups excluding carboxylic acids is 1. The van der Waals surface area contributed by atoms with Crippen molar-refractivity contribution in [2.45, 2.75) is 108 Å². The molecule has 1 aliphatic rings. The largest absolute Gasteiger partial charge is 0.417 e.